The molecule has 3 aromatic rings. The molecular weight excluding hydrogens is 558 g/mol. The monoisotopic (exact) mass is 571 g/mol. The van der Waals surface area contributed by atoms with Gasteiger partial charge in [0, 0.05) is 20.6 Å². The number of carbonyl (C=O) groups excluding carboxylic acids is 2. The van der Waals surface area contributed by atoms with Crippen molar-refractivity contribution in [3.8, 4) is 5.75 Å². The molecule has 1 heterocycles. The molecule has 0 radical (unpaired) electrons. The van der Waals surface area contributed by atoms with Gasteiger partial charge in [-0.05, 0) is 42.0 Å². The summed E-state index contributed by atoms with van der Waals surface area (Å²) in [5.74, 6) is -1.06. The number of anilines is 1. The van der Waals surface area contributed by atoms with Crippen molar-refractivity contribution in [2.45, 2.75) is 6.61 Å². The molecule has 1 fully saturated rings. The number of hydrazine groups is 1. The molecule has 33 heavy (non-hydrogen) atoms. The maximum absolute atomic E-state index is 12.7. The van der Waals surface area contributed by atoms with Gasteiger partial charge in [-0.2, -0.15) is 0 Å². The average Bonchev–Trinajstić information content (AvgIpc) is 3.08. The van der Waals surface area contributed by atoms with Crippen LogP contribution >= 0.6 is 31.9 Å². The zero-order valence-corrected chi connectivity index (χ0v) is 20.0. The van der Waals surface area contributed by atoms with Crippen molar-refractivity contribution in [1.29, 1.82) is 0 Å². The Bertz CT molecular complexity index is 1290. The van der Waals surface area contributed by atoms with Crippen LogP contribution in [0.15, 0.2) is 81.2 Å². The largest absolute Gasteiger partial charge is 0.482 e. The molecule has 1 saturated heterocycles. The third kappa shape index (κ3) is 4.96. The highest BCUT2D eigenvalue weighted by Crippen LogP contribution is 2.31. The maximum Gasteiger partial charge on any atom is 0.311 e. The summed E-state index contributed by atoms with van der Waals surface area (Å²) in [5.41, 5.74) is 3.74. The second-order valence-electron chi connectivity index (χ2n) is 6.98. The van der Waals surface area contributed by atoms with Crippen LogP contribution in [0.5, 0.6) is 5.75 Å². The molecule has 8 nitrogen and oxygen atoms in total. The summed E-state index contributed by atoms with van der Waals surface area (Å²) >= 11 is 6.81. The first-order valence-corrected chi connectivity index (χ1v) is 11.2. The van der Waals surface area contributed by atoms with Crippen LogP contribution in [0.1, 0.15) is 11.1 Å². The molecule has 3 aromatic carbocycles. The van der Waals surface area contributed by atoms with E-state index in [2.05, 4.69) is 37.3 Å². The van der Waals surface area contributed by atoms with Gasteiger partial charge in [0.1, 0.15) is 12.2 Å². The van der Waals surface area contributed by atoms with Gasteiger partial charge in [-0.1, -0.05) is 62.2 Å². The topological polar surface area (TPSA) is 102 Å². The first-order chi connectivity index (χ1) is 15.8. The number of nitro groups is 1. The minimum absolute atomic E-state index is 0.0741. The number of carbonyl (C=O) groups is 2. The first kappa shape index (κ1) is 22.7. The first-order valence-electron chi connectivity index (χ1n) is 9.61. The minimum Gasteiger partial charge on any atom is -0.482 e. The normalized spacial score (nSPS) is 14.5. The predicted molar refractivity (Wildman–Crippen MR) is 129 cm³/mol. The molecule has 0 aromatic heterocycles. The van der Waals surface area contributed by atoms with Crippen molar-refractivity contribution in [1.82, 2.24) is 5.43 Å². The van der Waals surface area contributed by atoms with E-state index in [-0.39, 0.29) is 23.6 Å². The standard InChI is InChI=1S/C23H15Br2N3O5/c24-16-8-7-15(19(25)12-16)13-33-21-9-6-14(11-20(21)28(31)32)10-18-22(29)26-27(23(18)30)17-4-2-1-3-5-17/h1-12H,13H2,(H,26,29)/b18-10-. The van der Waals surface area contributed by atoms with Crippen LogP contribution in [-0.2, 0) is 16.2 Å². The number of nitrogens with zero attached hydrogens (tertiary/aromatic N) is 2. The molecule has 1 aliphatic heterocycles. The summed E-state index contributed by atoms with van der Waals surface area (Å²) in [7, 11) is 0. The van der Waals surface area contributed by atoms with Crippen molar-refractivity contribution in [2.24, 2.45) is 0 Å². The molecule has 0 atom stereocenters. The lowest BCUT2D eigenvalue weighted by Gasteiger charge is -2.13. The number of rotatable bonds is 6. The molecule has 0 unspecified atom stereocenters. The fraction of sp³-hybridized carbons (Fsp3) is 0.0435. The molecule has 166 valence electrons. The summed E-state index contributed by atoms with van der Waals surface area (Å²) in [6.45, 7) is 0.113. The Balaban J connectivity index is 1.58. The molecule has 1 aliphatic rings. The molecule has 0 aliphatic carbocycles. The second-order valence-corrected chi connectivity index (χ2v) is 8.75. The van der Waals surface area contributed by atoms with Gasteiger partial charge in [-0.25, -0.2) is 5.01 Å². The molecule has 1 N–H and O–H groups in total. The highest BCUT2D eigenvalue weighted by Gasteiger charge is 2.34. The molecule has 0 bridgehead atoms. The van der Waals surface area contributed by atoms with E-state index >= 15 is 0 Å². The molecule has 4 rings (SSSR count). The summed E-state index contributed by atoms with van der Waals surface area (Å²) in [6.07, 6.45) is 1.32. The van der Waals surface area contributed by atoms with Gasteiger partial charge < -0.3 is 4.74 Å². The van der Waals surface area contributed by atoms with E-state index in [0.29, 0.717) is 11.3 Å². The SMILES string of the molecule is O=C1NN(c2ccccc2)C(=O)/C1=C\c1ccc(OCc2ccc(Br)cc2Br)c([N+](=O)[O-])c1. The van der Waals surface area contributed by atoms with E-state index in [4.69, 9.17) is 4.74 Å². The van der Waals surface area contributed by atoms with E-state index in [9.17, 15) is 19.7 Å². The fourth-order valence-corrected chi connectivity index (χ4v) is 4.33. The van der Waals surface area contributed by atoms with Crippen LogP contribution in [0.2, 0.25) is 0 Å². The zero-order chi connectivity index (χ0) is 23.5. The number of para-hydroxylation sites is 1. The number of nitro benzene ring substituents is 1. The number of nitrogens with one attached hydrogen (secondary N) is 1. The summed E-state index contributed by atoms with van der Waals surface area (Å²) < 4.78 is 7.37. The number of halogens is 2. The molecule has 0 spiro atoms. The van der Waals surface area contributed by atoms with E-state index in [1.807, 2.05) is 18.2 Å². The van der Waals surface area contributed by atoms with E-state index in [1.165, 1.54) is 18.2 Å². The summed E-state index contributed by atoms with van der Waals surface area (Å²) in [6, 6.07) is 18.4. The van der Waals surface area contributed by atoms with Crippen molar-refractivity contribution in [3.63, 3.8) is 0 Å². The Hall–Kier alpha value is -3.50. The molecule has 10 heteroatoms. The Labute approximate surface area is 205 Å². The zero-order valence-electron chi connectivity index (χ0n) is 16.8. The van der Waals surface area contributed by atoms with Crippen LogP contribution in [0.3, 0.4) is 0 Å². The average molecular weight is 573 g/mol. The summed E-state index contributed by atoms with van der Waals surface area (Å²) in [4.78, 5) is 36.2. The lowest BCUT2D eigenvalue weighted by atomic mass is 10.1. The van der Waals surface area contributed by atoms with Gasteiger partial charge in [0.25, 0.3) is 11.8 Å². The Morgan fingerprint density at radius 1 is 1.03 bits per heavy atom. The lowest BCUT2D eigenvalue weighted by molar-refractivity contribution is -0.386. The number of amides is 2. The number of hydrogen-bond donors (Lipinski definition) is 1. The maximum atomic E-state index is 12.7. The Morgan fingerprint density at radius 3 is 2.48 bits per heavy atom. The van der Waals surface area contributed by atoms with Crippen molar-refractivity contribution >= 4 is 61.1 Å². The van der Waals surface area contributed by atoms with Crippen molar-refractivity contribution < 1.29 is 19.2 Å². The Kier molecular flexibility index (Phi) is 6.57. The third-order valence-electron chi connectivity index (χ3n) is 4.79. The van der Waals surface area contributed by atoms with Gasteiger partial charge in [0.2, 0.25) is 0 Å². The summed E-state index contributed by atoms with van der Waals surface area (Å²) in [5, 5.41) is 12.8. The van der Waals surface area contributed by atoms with Crippen LogP contribution in [0.25, 0.3) is 6.08 Å². The molecule has 2 amide bonds. The van der Waals surface area contributed by atoms with Crippen LogP contribution in [0, 0.1) is 10.1 Å². The number of hydrogen-bond acceptors (Lipinski definition) is 5. The van der Waals surface area contributed by atoms with Crippen molar-refractivity contribution in [3.05, 3.63) is 102 Å². The predicted octanol–water partition coefficient (Wildman–Crippen LogP) is 5.16. The van der Waals surface area contributed by atoms with E-state index in [1.54, 1.807) is 36.4 Å². The van der Waals surface area contributed by atoms with Gasteiger partial charge >= 0.3 is 5.69 Å². The number of benzene rings is 3. The Morgan fingerprint density at radius 2 is 1.79 bits per heavy atom. The molecular formula is C23H15Br2N3O5. The van der Waals surface area contributed by atoms with Crippen LogP contribution in [-0.4, -0.2) is 16.7 Å². The highest BCUT2D eigenvalue weighted by atomic mass is 79.9. The van der Waals surface area contributed by atoms with Crippen LogP contribution < -0.4 is 15.2 Å². The smallest absolute Gasteiger partial charge is 0.311 e. The minimum atomic E-state index is -0.591. The number of ether oxygens (including phenoxy) is 1. The fourth-order valence-electron chi connectivity index (χ4n) is 3.17. The van der Waals surface area contributed by atoms with E-state index < -0.39 is 16.7 Å². The third-order valence-corrected chi connectivity index (χ3v) is 6.03. The quantitative estimate of drug-likeness (QED) is 0.190. The van der Waals surface area contributed by atoms with Gasteiger partial charge in [-0.3, -0.25) is 25.1 Å². The highest BCUT2D eigenvalue weighted by molar-refractivity contribution is 9.11. The van der Waals surface area contributed by atoms with Crippen LogP contribution in [0.4, 0.5) is 11.4 Å². The van der Waals surface area contributed by atoms with E-state index in [0.717, 1.165) is 19.5 Å². The van der Waals surface area contributed by atoms with Gasteiger partial charge in [-0.15, -0.1) is 0 Å². The van der Waals surface area contributed by atoms with Gasteiger partial charge in [0.05, 0.1) is 10.6 Å². The lowest BCUT2D eigenvalue weighted by Crippen LogP contribution is -2.35. The van der Waals surface area contributed by atoms with Crippen molar-refractivity contribution in [2.75, 3.05) is 5.01 Å². The molecule has 0 saturated carbocycles. The second kappa shape index (κ2) is 9.55. The van der Waals surface area contributed by atoms with Gasteiger partial charge in [0.15, 0.2) is 5.75 Å².